The number of phenols is 2. The fourth-order valence-electron chi connectivity index (χ4n) is 3.26. The fraction of sp³-hybridized carbons (Fsp3) is 0.333. The summed E-state index contributed by atoms with van der Waals surface area (Å²) in [6.07, 6.45) is 3.50. The van der Waals surface area contributed by atoms with Gasteiger partial charge in [-0.15, -0.1) is 6.42 Å². The number of fused-ring (bicyclic) bond motifs is 1. The minimum absolute atomic E-state index is 0.0296. The first-order valence-corrected chi connectivity index (χ1v) is 7.67. The number of ketones is 2. The van der Waals surface area contributed by atoms with Gasteiger partial charge < -0.3 is 25.7 Å². The van der Waals surface area contributed by atoms with Gasteiger partial charge in [-0.3, -0.25) is 9.59 Å². The van der Waals surface area contributed by atoms with Crippen LogP contribution < -0.4 is 5.32 Å². The molecule has 0 heterocycles. The number of aliphatic hydroxyl groups excluding tert-OH is 1. The third-order valence-electron chi connectivity index (χ3n) is 4.68. The van der Waals surface area contributed by atoms with Gasteiger partial charge in [-0.05, 0) is 6.92 Å². The molecule has 0 fully saturated rings. The Balaban J connectivity index is 2.18. The van der Waals surface area contributed by atoms with Crippen LogP contribution in [-0.2, 0) is 0 Å². The van der Waals surface area contributed by atoms with E-state index in [1.54, 1.807) is 0 Å². The zero-order chi connectivity index (χ0) is 18.5. The van der Waals surface area contributed by atoms with Crippen molar-refractivity contribution in [2.75, 3.05) is 11.9 Å². The lowest BCUT2D eigenvalue weighted by Crippen LogP contribution is -2.46. The maximum Gasteiger partial charge on any atom is 0.194 e. The van der Waals surface area contributed by atoms with Gasteiger partial charge in [0.1, 0.15) is 5.75 Å². The molecule has 0 saturated heterocycles. The molecule has 0 aromatic heterocycles. The molecule has 3 rings (SSSR count). The van der Waals surface area contributed by atoms with Gasteiger partial charge in [0.15, 0.2) is 17.3 Å². The van der Waals surface area contributed by atoms with Crippen molar-refractivity contribution in [2.45, 2.75) is 31.5 Å². The summed E-state index contributed by atoms with van der Waals surface area (Å²) in [5.41, 5.74) is -2.07. The number of terminal acetylenes is 1. The SMILES string of the molecule is C#CCNc1cc(O)c2c(c1O)C(=O)C1=C(C[C@@H](O)[C@@](C)(O)C1)C2=O. The molecular formula is C18H17NO6. The highest BCUT2D eigenvalue weighted by Gasteiger charge is 2.46. The van der Waals surface area contributed by atoms with Crippen LogP contribution in [0.3, 0.4) is 0 Å². The smallest absolute Gasteiger partial charge is 0.194 e. The Bertz CT molecular complexity index is 875. The topological polar surface area (TPSA) is 127 Å². The second kappa shape index (κ2) is 5.62. The lowest BCUT2D eigenvalue weighted by Gasteiger charge is -2.37. The number of Topliss-reactive ketones (excluding diaryl/α,β-unsaturated/α-hetero) is 2. The number of anilines is 1. The first-order chi connectivity index (χ1) is 11.7. The molecule has 0 aliphatic heterocycles. The van der Waals surface area contributed by atoms with Crippen LogP contribution in [0.1, 0.15) is 40.5 Å². The molecule has 0 spiro atoms. The summed E-state index contributed by atoms with van der Waals surface area (Å²) >= 11 is 0. The van der Waals surface area contributed by atoms with E-state index in [0.717, 1.165) is 6.07 Å². The summed E-state index contributed by atoms with van der Waals surface area (Å²) in [6.45, 7) is 1.42. The molecule has 130 valence electrons. The number of aliphatic hydroxyl groups is 2. The van der Waals surface area contributed by atoms with E-state index in [4.69, 9.17) is 6.42 Å². The molecule has 0 radical (unpaired) electrons. The van der Waals surface area contributed by atoms with Crippen LogP contribution in [0, 0.1) is 12.3 Å². The largest absolute Gasteiger partial charge is 0.507 e. The Hall–Kier alpha value is -2.82. The van der Waals surface area contributed by atoms with Crippen LogP contribution in [0.4, 0.5) is 5.69 Å². The van der Waals surface area contributed by atoms with E-state index < -0.39 is 34.8 Å². The second-order valence-electron chi connectivity index (χ2n) is 6.47. The number of rotatable bonds is 2. The van der Waals surface area contributed by atoms with Gasteiger partial charge in [-0.1, -0.05) is 5.92 Å². The highest BCUT2D eigenvalue weighted by molar-refractivity contribution is 6.29. The van der Waals surface area contributed by atoms with Gasteiger partial charge in [0.2, 0.25) is 0 Å². The van der Waals surface area contributed by atoms with Crippen LogP contribution in [0.2, 0.25) is 0 Å². The molecule has 2 atom stereocenters. The first-order valence-electron chi connectivity index (χ1n) is 7.67. The minimum Gasteiger partial charge on any atom is -0.507 e. The van der Waals surface area contributed by atoms with Gasteiger partial charge in [-0.25, -0.2) is 0 Å². The molecule has 0 amide bonds. The molecule has 0 saturated carbocycles. The zero-order valence-corrected chi connectivity index (χ0v) is 13.5. The van der Waals surface area contributed by atoms with E-state index in [0.29, 0.717) is 0 Å². The first kappa shape index (κ1) is 17.0. The molecule has 7 heteroatoms. The van der Waals surface area contributed by atoms with Crippen molar-refractivity contribution < 1.29 is 30.0 Å². The quantitative estimate of drug-likeness (QED) is 0.304. The summed E-state index contributed by atoms with van der Waals surface area (Å²) in [4.78, 5) is 25.6. The highest BCUT2D eigenvalue weighted by Crippen LogP contribution is 2.46. The monoisotopic (exact) mass is 343 g/mol. The molecule has 0 bridgehead atoms. The standard InChI is InChI=1S/C18H17NO6/c1-3-4-19-10-6-11(20)13-14(17(10)24)16(23)9-7-18(2,25)12(21)5-8(9)15(13)22/h1,6,12,19-21,24-25H,4-5,7H2,2H3/t12-,18+/m1/s1. The Labute approximate surface area is 143 Å². The lowest BCUT2D eigenvalue weighted by molar-refractivity contribution is -0.0651. The summed E-state index contributed by atoms with van der Waals surface area (Å²) in [5, 5.41) is 43.5. The number of nitrogens with one attached hydrogen (secondary N) is 1. The average Bonchev–Trinajstić information content (AvgIpc) is 2.54. The average molecular weight is 343 g/mol. The van der Waals surface area contributed by atoms with Crippen LogP contribution in [0.5, 0.6) is 11.5 Å². The van der Waals surface area contributed by atoms with E-state index in [9.17, 15) is 30.0 Å². The summed E-state index contributed by atoms with van der Waals surface area (Å²) in [5.74, 6) is 0.0407. The van der Waals surface area contributed by atoms with Gasteiger partial charge in [0.25, 0.3) is 0 Å². The number of carbonyl (C=O) groups is 2. The van der Waals surface area contributed by atoms with Crippen molar-refractivity contribution in [1.29, 1.82) is 0 Å². The summed E-state index contributed by atoms with van der Waals surface area (Å²) < 4.78 is 0. The van der Waals surface area contributed by atoms with Crippen molar-refractivity contribution in [3.63, 3.8) is 0 Å². The maximum absolute atomic E-state index is 12.8. The predicted molar refractivity (Wildman–Crippen MR) is 88.6 cm³/mol. The molecule has 1 aromatic rings. The number of phenolic OH excluding ortho intramolecular Hbond substituents is 2. The van der Waals surface area contributed by atoms with Gasteiger partial charge in [0, 0.05) is 30.1 Å². The van der Waals surface area contributed by atoms with Gasteiger partial charge in [0.05, 0.1) is 35.1 Å². The van der Waals surface area contributed by atoms with Gasteiger partial charge in [-0.2, -0.15) is 0 Å². The predicted octanol–water partition coefficient (Wildman–Crippen LogP) is 0.724. The third-order valence-corrected chi connectivity index (χ3v) is 4.68. The Morgan fingerprint density at radius 2 is 1.92 bits per heavy atom. The van der Waals surface area contributed by atoms with Crippen molar-refractivity contribution in [1.82, 2.24) is 0 Å². The number of hydrogen-bond donors (Lipinski definition) is 5. The number of benzene rings is 1. The van der Waals surface area contributed by atoms with E-state index in [2.05, 4.69) is 11.2 Å². The molecule has 2 aliphatic carbocycles. The second-order valence-corrected chi connectivity index (χ2v) is 6.47. The Morgan fingerprint density at radius 1 is 1.28 bits per heavy atom. The molecular weight excluding hydrogens is 326 g/mol. The van der Waals surface area contributed by atoms with Crippen LogP contribution in [0.15, 0.2) is 17.2 Å². The van der Waals surface area contributed by atoms with E-state index >= 15 is 0 Å². The third kappa shape index (κ3) is 2.47. The zero-order valence-electron chi connectivity index (χ0n) is 13.5. The summed E-state index contributed by atoms with van der Waals surface area (Å²) in [7, 11) is 0. The van der Waals surface area contributed by atoms with Crippen molar-refractivity contribution >= 4 is 17.3 Å². The van der Waals surface area contributed by atoms with E-state index in [-0.39, 0.29) is 47.3 Å². The van der Waals surface area contributed by atoms with Crippen LogP contribution >= 0.6 is 0 Å². The molecule has 5 N–H and O–H groups in total. The van der Waals surface area contributed by atoms with Crippen LogP contribution in [0.25, 0.3) is 0 Å². The molecule has 0 unspecified atom stereocenters. The number of aromatic hydroxyl groups is 2. The van der Waals surface area contributed by atoms with Crippen molar-refractivity contribution in [3.05, 3.63) is 28.3 Å². The molecule has 7 nitrogen and oxygen atoms in total. The molecule has 1 aromatic carbocycles. The lowest BCUT2D eigenvalue weighted by atomic mass is 9.71. The van der Waals surface area contributed by atoms with E-state index in [1.165, 1.54) is 6.92 Å². The molecule has 25 heavy (non-hydrogen) atoms. The van der Waals surface area contributed by atoms with Gasteiger partial charge >= 0.3 is 0 Å². The molecule has 2 aliphatic rings. The fourth-order valence-corrected chi connectivity index (χ4v) is 3.26. The van der Waals surface area contributed by atoms with Crippen LogP contribution in [-0.4, -0.2) is 50.2 Å². The number of carbonyl (C=O) groups excluding carboxylic acids is 2. The van der Waals surface area contributed by atoms with E-state index in [1.807, 2.05) is 0 Å². The maximum atomic E-state index is 12.8. The normalized spacial score (nSPS) is 25.3. The van der Waals surface area contributed by atoms with Crippen molar-refractivity contribution in [3.8, 4) is 23.8 Å². The Kier molecular flexibility index (Phi) is 3.82. The Morgan fingerprint density at radius 3 is 2.56 bits per heavy atom. The summed E-state index contributed by atoms with van der Waals surface area (Å²) in [6, 6.07) is 1.12. The van der Waals surface area contributed by atoms with Crippen molar-refractivity contribution in [2.24, 2.45) is 0 Å². The highest BCUT2D eigenvalue weighted by atomic mass is 16.3. The minimum atomic E-state index is -1.57. The number of hydrogen-bond acceptors (Lipinski definition) is 7.